The Balaban J connectivity index is 3.74. The van der Waals surface area contributed by atoms with E-state index in [0.717, 1.165) is 18.9 Å². The van der Waals surface area contributed by atoms with E-state index in [2.05, 4.69) is 31.4 Å². The molecule has 4 heteroatoms. The van der Waals surface area contributed by atoms with Crippen LogP contribution in [0, 0.1) is 5.92 Å². The number of amides is 1. The van der Waals surface area contributed by atoms with Gasteiger partial charge in [-0.1, -0.05) is 27.2 Å². The van der Waals surface area contributed by atoms with Crippen LogP contribution in [0.1, 0.15) is 60.8 Å². The molecule has 0 saturated carbocycles. The number of alkyl carbamates (subject to hydrolysis) is 1. The fraction of sp³-hybridized carbons (Fsp3) is 0.933. The number of carbonyl (C=O) groups excluding carboxylic acids is 1. The minimum atomic E-state index is -0.431. The maximum atomic E-state index is 11.4. The standard InChI is InChI=1S/C15H32N2O2/c1-7-12(3)11-13(8-2)16-9-10-17-14(18)19-15(4,5)6/h12-13,16H,7-11H2,1-6H3,(H,17,18). The molecule has 0 aromatic rings. The van der Waals surface area contributed by atoms with Crippen LogP contribution < -0.4 is 10.6 Å². The lowest BCUT2D eigenvalue weighted by Gasteiger charge is -2.22. The van der Waals surface area contributed by atoms with E-state index in [1.54, 1.807) is 0 Å². The van der Waals surface area contributed by atoms with E-state index >= 15 is 0 Å². The van der Waals surface area contributed by atoms with Gasteiger partial charge in [-0.05, 0) is 39.5 Å². The Labute approximate surface area is 118 Å². The van der Waals surface area contributed by atoms with Crippen molar-refractivity contribution in [2.75, 3.05) is 13.1 Å². The highest BCUT2D eigenvalue weighted by Crippen LogP contribution is 2.11. The van der Waals surface area contributed by atoms with Gasteiger partial charge in [0.05, 0.1) is 0 Å². The molecule has 4 nitrogen and oxygen atoms in total. The van der Waals surface area contributed by atoms with Crippen LogP contribution in [-0.4, -0.2) is 30.8 Å². The maximum Gasteiger partial charge on any atom is 0.407 e. The third-order valence-corrected chi connectivity index (χ3v) is 3.10. The molecule has 0 saturated heterocycles. The molecule has 0 heterocycles. The highest BCUT2D eigenvalue weighted by molar-refractivity contribution is 5.67. The van der Waals surface area contributed by atoms with E-state index in [4.69, 9.17) is 4.74 Å². The van der Waals surface area contributed by atoms with Crippen LogP contribution in [-0.2, 0) is 4.74 Å². The van der Waals surface area contributed by atoms with Crippen molar-refractivity contribution >= 4 is 6.09 Å². The molecule has 0 aliphatic heterocycles. The zero-order valence-electron chi connectivity index (χ0n) is 13.5. The van der Waals surface area contributed by atoms with Crippen molar-refractivity contribution in [2.24, 2.45) is 5.92 Å². The second kappa shape index (κ2) is 9.18. The topological polar surface area (TPSA) is 50.4 Å². The van der Waals surface area contributed by atoms with E-state index in [-0.39, 0.29) is 6.09 Å². The summed E-state index contributed by atoms with van der Waals surface area (Å²) >= 11 is 0. The highest BCUT2D eigenvalue weighted by atomic mass is 16.6. The molecule has 0 aromatic heterocycles. The lowest BCUT2D eigenvalue weighted by Crippen LogP contribution is -2.39. The first-order valence-corrected chi connectivity index (χ1v) is 7.48. The van der Waals surface area contributed by atoms with Gasteiger partial charge in [-0.25, -0.2) is 4.79 Å². The largest absolute Gasteiger partial charge is 0.444 e. The summed E-state index contributed by atoms with van der Waals surface area (Å²) in [6.07, 6.45) is 3.19. The molecule has 0 bridgehead atoms. The number of rotatable bonds is 8. The summed E-state index contributed by atoms with van der Waals surface area (Å²) in [5.41, 5.74) is -0.431. The van der Waals surface area contributed by atoms with E-state index in [1.165, 1.54) is 12.8 Å². The van der Waals surface area contributed by atoms with Crippen LogP contribution >= 0.6 is 0 Å². The summed E-state index contributed by atoms with van der Waals surface area (Å²) in [7, 11) is 0. The first kappa shape index (κ1) is 18.2. The van der Waals surface area contributed by atoms with Crippen molar-refractivity contribution in [3.05, 3.63) is 0 Å². The van der Waals surface area contributed by atoms with E-state index < -0.39 is 5.60 Å². The molecule has 0 aliphatic carbocycles. The molecule has 1 amide bonds. The highest BCUT2D eigenvalue weighted by Gasteiger charge is 2.15. The molecular formula is C15H32N2O2. The Morgan fingerprint density at radius 3 is 2.26 bits per heavy atom. The quantitative estimate of drug-likeness (QED) is 0.666. The zero-order valence-corrected chi connectivity index (χ0v) is 13.5. The summed E-state index contributed by atoms with van der Waals surface area (Å²) in [5, 5.41) is 6.24. The SMILES string of the molecule is CCC(C)CC(CC)NCCNC(=O)OC(C)(C)C. The Bertz CT molecular complexity index is 249. The second-order valence-electron chi connectivity index (χ2n) is 6.24. The normalized spacial score (nSPS) is 14.8. The minimum absolute atomic E-state index is 0.343. The lowest BCUT2D eigenvalue weighted by molar-refractivity contribution is 0.0528. The van der Waals surface area contributed by atoms with Crippen molar-refractivity contribution in [2.45, 2.75) is 72.4 Å². The summed E-state index contributed by atoms with van der Waals surface area (Å²) < 4.78 is 5.18. The molecule has 0 aromatic carbocycles. The third kappa shape index (κ3) is 10.8. The van der Waals surface area contributed by atoms with Crippen molar-refractivity contribution in [3.8, 4) is 0 Å². The monoisotopic (exact) mass is 272 g/mol. The molecule has 19 heavy (non-hydrogen) atoms. The average molecular weight is 272 g/mol. The second-order valence-corrected chi connectivity index (χ2v) is 6.24. The van der Waals surface area contributed by atoms with Crippen LogP contribution in [0.4, 0.5) is 4.79 Å². The Kier molecular flexibility index (Phi) is 8.81. The van der Waals surface area contributed by atoms with Gasteiger partial charge in [-0.15, -0.1) is 0 Å². The fourth-order valence-corrected chi connectivity index (χ4v) is 1.80. The van der Waals surface area contributed by atoms with Gasteiger partial charge < -0.3 is 15.4 Å². The van der Waals surface area contributed by atoms with Crippen LogP contribution in [0.2, 0.25) is 0 Å². The number of carbonyl (C=O) groups is 1. The predicted molar refractivity (Wildman–Crippen MR) is 80.4 cm³/mol. The number of hydrogen-bond donors (Lipinski definition) is 2. The summed E-state index contributed by atoms with van der Waals surface area (Å²) in [4.78, 5) is 11.4. The first-order chi connectivity index (χ1) is 8.78. The van der Waals surface area contributed by atoms with Crippen LogP contribution in [0.3, 0.4) is 0 Å². The van der Waals surface area contributed by atoms with E-state index in [9.17, 15) is 4.79 Å². The summed E-state index contributed by atoms with van der Waals surface area (Å²) in [6.45, 7) is 13.7. The smallest absolute Gasteiger partial charge is 0.407 e. The molecule has 2 unspecified atom stereocenters. The first-order valence-electron chi connectivity index (χ1n) is 7.48. The zero-order chi connectivity index (χ0) is 14.9. The number of nitrogens with one attached hydrogen (secondary N) is 2. The van der Waals surface area contributed by atoms with Gasteiger partial charge in [0.25, 0.3) is 0 Å². The summed E-state index contributed by atoms with van der Waals surface area (Å²) in [5.74, 6) is 0.747. The van der Waals surface area contributed by atoms with Gasteiger partial charge in [-0.3, -0.25) is 0 Å². The molecule has 0 fully saturated rings. The minimum Gasteiger partial charge on any atom is -0.444 e. The van der Waals surface area contributed by atoms with E-state index in [0.29, 0.717) is 12.6 Å². The van der Waals surface area contributed by atoms with Crippen molar-refractivity contribution in [1.82, 2.24) is 10.6 Å². The van der Waals surface area contributed by atoms with Gasteiger partial charge in [0.1, 0.15) is 5.60 Å². The van der Waals surface area contributed by atoms with Crippen molar-refractivity contribution in [3.63, 3.8) is 0 Å². The molecular weight excluding hydrogens is 240 g/mol. The predicted octanol–water partition coefficient (Wildman–Crippen LogP) is 3.32. The average Bonchev–Trinajstić information content (AvgIpc) is 2.30. The molecule has 2 N–H and O–H groups in total. The third-order valence-electron chi connectivity index (χ3n) is 3.10. The van der Waals surface area contributed by atoms with Gasteiger partial charge in [0.15, 0.2) is 0 Å². The molecule has 2 atom stereocenters. The maximum absolute atomic E-state index is 11.4. The van der Waals surface area contributed by atoms with Gasteiger partial charge in [-0.2, -0.15) is 0 Å². The van der Waals surface area contributed by atoms with Gasteiger partial charge >= 0.3 is 6.09 Å². The number of ether oxygens (including phenoxy) is 1. The molecule has 0 radical (unpaired) electrons. The number of hydrogen-bond acceptors (Lipinski definition) is 3. The lowest BCUT2D eigenvalue weighted by atomic mass is 9.98. The Morgan fingerprint density at radius 2 is 1.79 bits per heavy atom. The molecule has 114 valence electrons. The van der Waals surface area contributed by atoms with E-state index in [1.807, 2.05) is 20.8 Å². The molecule has 0 rings (SSSR count). The van der Waals surface area contributed by atoms with Gasteiger partial charge in [0.2, 0.25) is 0 Å². The summed E-state index contributed by atoms with van der Waals surface area (Å²) in [6, 6.07) is 0.537. The Hall–Kier alpha value is -0.770. The molecule has 0 aliphatic rings. The van der Waals surface area contributed by atoms with Gasteiger partial charge in [0, 0.05) is 19.1 Å². The Morgan fingerprint density at radius 1 is 1.16 bits per heavy atom. The van der Waals surface area contributed by atoms with Crippen LogP contribution in [0.5, 0.6) is 0 Å². The fourth-order valence-electron chi connectivity index (χ4n) is 1.80. The van der Waals surface area contributed by atoms with Crippen molar-refractivity contribution in [1.29, 1.82) is 0 Å². The van der Waals surface area contributed by atoms with Crippen LogP contribution in [0.15, 0.2) is 0 Å². The molecule has 0 spiro atoms. The van der Waals surface area contributed by atoms with Crippen LogP contribution in [0.25, 0.3) is 0 Å². The van der Waals surface area contributed by atoms with Crippen molar-refractivity contribution < 1.29 is 9.53 Å².